The molecule has 1 atom stereocenters. The molecule has 24 heavy (non-hydrogen) atoms. The number of likely N-dealkylation sites (tertiary alicyclic amines) is 1. The van der Waals surface area contributed by atoms with Crippen LogP contribution in [0.3, 0.4) is 0 Å². The summed E-state index contributed by atoms with van der Waals surface area (Å²) in [6.07, 6.45) is 6.76. The highest BCUT2D eigenvalue weighted by Gasteiger charge is 2.39. The van der Waals surface area contributed by atoms with Gasteiger partial charge in [-0.1, -0.05) is 20.8 Å². The molecule has 2 aliphatic rings. The highest BCUT2D eigenvalue weighted by molar-refractivity contribution is 5.07. The van der Waals surface area contributed by atoms with Gasteiger partial charge in [0.15, 0.2) is 0 Å². The van der Waals surface area contributed by atoms with Crippen LogP contribution in [0.4, 0.5) is 0 Å². The zero-order chi connectivity index (χ0) is 17.2. The van der Waals surface area contributed by atoms with E-state index in [9.17, 15) is 0 Å². The summed E-state index contributed by atoms with van der Waals surface area (Å²) in [5.41, 5.74) is 0.241. The third-order valence-electron chi connectivity index (χ3n) is 5.57. The first-order chi connectivity index (χ1) is 11.4. The Balaban J connectivity index is 1.64. The fourth-order valence-corrected chi connectivity index (χ4v) is 3.81. The van der Waals surface area contributed by atoms with E-state index in [4.69, 9.17) is 9.15 Å². The van der Waals surface area contributed by atoms with E-state index in [1.807, 2.05) is 6.20 Å². The Morgan fingerprint density at radius 2 is 1.92 bits per heavy atom. The van der Waals surface area contributed by atoms with E-state index < -0.39 is 0 Å². The summed E-state index contributed by atoms with van der Waals surface area (Å²) in [4.78, 5) is 7.18. The predicted octanol–water partition coefficient (Wildman–Crippen LogP) is 3.27. The average molecular weight is 335 g/mol. The molecule has 136 valence electrons. The first-order valence-corrected chi connectivity index (χ1v) is 9.43. The molecule has 0 radical (unpaired) electrons. The van der Waals surface area contributed by atoms with Crippen molar-refractivity contribution in [2.45, 2.75) is 70.4 Å². The SMILES string of the molecule is C[C@@H](NCC1(N2CCCC2)CCOCC1)c1ncc(C(C)(C)C)o1. The van der Waals surface area contributed by atoms with E-state index >= 15 is 0 Å². The monoisotopic (exact) mass is 335 g/mol. The Labute approximate surface area is 146 Å². The zero-order valence-electron chi connectivity index (χ0n) is 15.7. The number of nitrogens with zero attached hydrogens (tertiary/aromatic N) is 2. The van der Waals surface area contributed by atoms with Crippen molar-refractivity contribution in [3.63, 3.8) is 0 Å². The van der Waals surface area contributed by atoms with Gasteiger partial charge in [-0.05, 0) is 45.7 Å². The van der Waals surface area contributed by atoms with Crippen molar-refractivity contribution < 1.29 is 9.15 Å². The summed E-state index contributed by atoms with van der Waals surface area (Å²) in [5, 5.41) is 3.70. The van der Waals surface area contributed by atoms with Crippen LogP contribution in [0.2, 0.25) is 0 Å². The van der Waals surface area contributed by atoms with Crippen LogP contribution >= 0.6 is 0 Å². The molecule has 2 fully saturated rings. The van der Waals surface area contributed by atoms with Crippen LogP contribution in [0.1, 0.15) is 71.1 Å². The molecule has 5 nitrogen and oxygen atoms in total. The minimum absolute atomic E-state index is 0.00243. The summed E-state index contributed by atoms with van der Waals surface area (Å²) in [6.45, 7) is 13.8. The predicted molar refractivity (Wildman–Crippen MR) is 95.2 cm³/mol. The smallest absolute Gasteiger partial charge is 0.211 e. The highest BCUT2D eigenvalue weighted by atomic mass is 16.5. The van der Waals surface area contributed by atoms with Gasteiger partial charge in [-0.25, -0.2) is 4.98 Å². The Morgan fingerprint density at radius 3 is 2.50 bits per heavy atom. The highest BCUT2D eigenvalue weighted by Crippen LogP contribution is 2.32. The summed E-state index contributed by atoms with van der Waals surface area (Å²) in [7, 11) is 0. The summed E-state index contributed by atoms with van der Waals surface area (Å²) in [5.74, 6) is 1.75. The fraction of sp³-hybridized carbons (Fsp3) is 0.842. The van der Waals surface area contributed by atoms with Gasteiger partial charge < -0.3 is 14.5 Å². The van der Waals surface area contributed by atoms with Gasteiger partial charge in [-0.2, -0.15) is 0 Å². The van der Waals surface area contributed by atoms with Gasteiger partial charge in [0.25, 0.3) is 0 Å². The number of hydrogen-bond acceptors (Lipinski definition) is 5. The minimum atomic E-state index is 0.00243. The Morgan fingerprint density at radius 1 is 1.25 bits per heavy atom. The molecule has 1 aromatic heterocycles. The summed E-state index contributed by atoms with van der Waals surface area (Å²) < 4.78 is 11.6. The molecule has 0 aromatic carbocycles. The maximum Gasteiger partial charge on any atom is 0.211 e. The average Bonchev–Trinajstić information content (AvgIpc) is 3.24. The molecule has 1 N–H and O–H groups in total. The van der Waals surface area contributed by atoms with Crippen LogP contribution in [0.25, 0.3) is 0 Å². The van der Waals surface area contributed by atoms with Gasteiger partial charge in [0, 0.05) is 30.7 Å². The van der Waals surface area contributed by atoms with Crippen LogP contribution < -0.4 is 5.32 Å². The van der Waals surface area contributed by atoms with Crippen LogP contribution in [0, 0.1) is 0 Å². The molecule has 3 rings (SSSR count). The Kier molecular flexibility index (Phi) is 5.33. The molecule has 2 saturated heterocycles. The fourth-order valence-electron chi connectivity index (χ4n) is 3.81. The molecule has 5 heteroatoms. The maximum absolute atomic E-state index is 6.00. The Hall–Kier alpha value is -0.910. The lowest BCUT2D eigenvalue weighted by Crippen LogP contribution is -2.57. The first kappa shape index (κ1) is 17.9. The normalized spacial score (nSPS) is 23.5. The molecule has 0 aliphatic carbocycles. The summed E-state index contributed by atoms with van der Waals surface area (Å²) >= 11 is 0. The molecule has 0 unspecified atom stereocenters. The molecule has 0 saturated carbocycles. The lowest BCUT2D eigenvalue weighted by Gasteiger charge is -2.45. The maximum atomic E-state index is 6.00. The zero-order valence-corrected chi connectivity index (χ0v) is 15.7. The van der Waals surface area contributed by atoms with Gasteiger partial charge in [0.2, 0.25) is 5.89 Å². The molecule has 1 aromatic rings. The minimum Gasteiger partial charge on any atom is -0.443 e. The molecular formula is C19H33N3O2. The summed E-state index contributed by atoms with van der Waals surface area (Å²) in [6, 6.07) is 0.128. The lowest BCUT2D eigenvalue weighted by molar-refractivity contribution is -0.0197. The third kappa shape index (κ3) is 3.84. The van der Waals surface area contributed by atoms with Crippen LogP contribution in [0.5, 0.6) is 0 Å². The van der Waals surface area contributed by atoms with E-state index in [1.54, 1.807) is 0 Å². The lowest BCUT2D eigenvalue weighted by atomic mass is 9.87. The van der Waals surface area contributed by atoms with E-state index in [-0.39, 0.29) is 17.0 Å². The third-order valence-corrected chi connectivity index (χ3v) is 5.57. The standard InChI is InChI=1S/C19H33N3O2/c1-15(17-20-13-16(24-17)18(2,3)4)21-14-19(7-11-23-12-8-19)22-9-5-6-10-22/h13,15,21H,5-12,14H2,1-4H3/t15-/m1/s1. The van der Waals surface area contributed by atoms with Crippen molar-refractivity contribution in [3.05, 3.63) is 17.8 Å². The molecule has 0 bridgehead atoms. The number of rotatable bonds is 5. The van der Waals surface area contributed by atoms with Crippen molar-refractivity contribution in [2.75, 3.05) is 32.8 Å². The molecule has 3 heterocycles. The number of ether oxygens (including phenoxy) is 1. The van der Waals surface area contributed by atoms with Crippen molar-refractivity contribution in [3.8, 4) is 0 Å². The molecule has 2 aliphatic heterocycles. The largest absolute Gasteiger partial charge is 0.443 e. The van der Waals surface area contributed by atoms with Gasteiger partial charge in [0.1, 0.15) is 5.76 Å². The molecular weight excluding hydrogens is 302 g/mol. The van der Waals surface area contributed by atoms with Gasteiger partial charge in [-0.3, -0.25) is 4.90 Å². The second kappa shape index (κ2) is 7.14. The van der Waals surface area contributed by atoms with Crippen LogP contribution in [-0.2, 0) is 10.2 Å². The van der Waals surface area contributed by atoms with E-state index in [0.717, 1.165) is 44.3 Å². The second-order valence-electron chi connectivity index (χ2n) is 8.45. The number of nitrogens with one attached hydrogen (secondary N) is 1. The van der Waals surface area contributed by atoms with Gasteiger partial charge >= 0.3 is 0 Å². The number of hydrogen-bond donors (Lipinski definition) is 1. The quantitative estimate of drug-likeness (QED) is 0.895. The van der Waals surface area contributed by atoms with Crippen LogP contribution in [0.15, 0.2) is 10.6 Å². The van der Waals surface area contributed by atoms with E-state index in [1.165, 1.54) is 25.9 Å². The van der Waals surface area contributed by atoms with Gasteiger partial charge in [-0.15, -0.1) is 0 Å². The van der Waals surface area contributed by atoms with E-state index in [0.29, 0.717) is 0 Å². The topological polar surface area (TPSA) is 50.5 Å². The second-order valence-corrected chi connectivity index (χ2v) is 8.45. The first-order valence-electron chi connectivity index (χ1n) is 9.43. The van der Waals surface area contributed by atoms with E-state index in [2.05, 4.69) is 42.9 Å². The molecule has 0 amide bonds. The molecule has 0 spiro atoms. The number of oxazole rings is 1. The van der Waals surface area contributed by atoms with Crippen molar-refractivity contribution >= 4 is 0 Å². The van der Waals surface area contributed by atoms with Gasteiger partial charge in [0.05, 0.1) is 12.2 Å². The number of aromatic nitrogens is 1. The van der Waals surface area contributed by atoms with Crippen molar-refractivity contribution in [1.29, 1.82) is 0 Å². The van der Waals surface area contributed by atoms with Crippen molar-refractivity contribution in [1.82, 2.24) is 15.2 Å². The Bertz CT molecular complexity index is 523. The van der Waals surface area contributed by atoms with Crippen molar-refractivity contribution in [2.24, 2.45) is 0 Å². The van der Waals surface area contributed by atoms with Crippen LogP contribution in [-0.4, -0.2) is 48.3 Å².